The lowest BCUT2D eigenvalue weighted by Crippen LogP contribution is -2.44. The highest BCUT2D eigenvalue weighted by Crippen LogP contribution is 2.11. The lowest BCUT2D eigenvalue weighted by molar-refractivity contribution is -0.120. The van der Waals surface area contributed by atoms with Crippen LogP contribution in [0, 0.1) is 13.8 Å². The van der Waals surface area contributed by atoms with E-state index >= 15 is 0 Å². The Bertz CT molecular complexity index is 691. The summed E-state index contributed by atoms with van der Waals surface area (Å²) in [6.07, 6.45) is 2.16. The highest BCUT2D eigenvalue weighted by atomic mass is 16.2. The van der Waals surface area contributed by atoms with Crippen molar-refractivity contribution in [2.45, 2.75) is 39.2 Å². The van der Waals surface area contributed by atoms with Crippen LogP contribution in [0.1, 0.15) is 39.9 Å². The van der Waals surface area contributed by atoms with Gasteiger partial charge in [-0.2, -0.15) is 0 Å². The average molecular weight is 324 g/mol. The highest BCUT2D eigenvalue weighted by molar-refractivity contribution is 5.97. The monoisotopic (exact) mass is 324 g/mol. The zero-order valence-electron chi connectivity index (χ0n) is 14.2. The van der Waals surface area contributed by atoms with Gasteiger partial charge in [-0.25, -0.2) is 0 Å². The summed E-state index contributed by atoms with van der Waals surface area (Å²) in [5, 5.41) is 2.76. The fourth-order valence-electron chi connectivity index (χ4n) is 2.79. The van der Waals surface area contributed by atoms with E-state index in [2.05, 4.69) is 5.32 Å². The van der Waals surface area contributed by atoms with Crippen LogP contribution in [0.3, 0.4) is 0 Å². The van der Waals surface area contributed by atoms with Crippen LogP contribution < -0.4 is 11.1 Å². The largest absolute Gasteiger partial charge is 0.368 e. The molecule has 0 saturated heterocycles. The van der Waals surface area contributed by atoms with Gasteiger partial charge in [0, 0.05) is 5.56 Å². The van der Waals surface area contributed by atoms with Crippen LogP contribution in [0.5, 0.6) is 0 Å². The number of primary amides is 1. The summed E-state index contributed by atoms with van der Waals surface area (Å²) in [7, 11) is 0. The van der Waals surface area contributed by atoms with E-state index in [4.69, 9.17) is 5.73 Å². The van der Waals surface area contributed by atoms with Gasteiger partial charge < -0.3 is 11.1 Å². The predicted molar refractivity (Wildman–Crippen MR) is 95.7 cm³/mol. The zero-order valence-corrected chi connectivity index (χ0v) is 14.2. The van der Waals surface area contributed by atoms with Gasteiger partial charge in [0.15, 0.2) is 0 Å². The van der Waals surface area contributed by atoms with Crippen molar-refractivity contribution in [2.75, 3.05) is 0 Å². The normalized spacial score (nSPS) is 11.8. The Morgan fingerprint density at radius 1 is 1.04 bits per heavy atom. The van der Waals surface area contributed by atoms with Crippen molar-refractivity contribution in [3.8, 4) is 0 Å². The molecular formula is C20H24N2O2. The van der Waals surface area contributed by atoms with Gasteiger partial charge in [-0.15, -0.1) is 0 Å². The number of benzene rings is 2. The van der Waals surface area contributed by atoms with Crippen LogP contribution in [0.15, 0.2) is 48.5 Å². The first-order valence-corrected chi connectivity index (χ1v) is 8.18. The number of carbonyl (C=O) groups excluding carboxylic acids is 2. The van der Waals surface area contributed by atoms with Crippen molar-refractivity contribution in [1.82, 2.24) is 5.32 Å². The summed E-state index contributed by atoms with van der Waals surface area (Å²) in [5.41, 5.74) is 9.24. The smallest absolute Gasteiger partial charge is 0.251 e. The van der Waals surface area contributed by atoms with Gasteiger partial charge in [0.25, 0.3) is 5.91 Å². The van der Waals surface area contributed by atoms with E-state index < -0.39 is 11.9 Å². The molecule has 0 radical (unpaired) electrons. The molecule has 2 rings (SSSR count). The number of hydrogen-bond donors (Lipinski definition) is 2. The summed E-state index contributed by atoms with van der Waals surface area (Å²) in [5.74, 6) is -0.758. The number of amides is 2. The maximum atomic E-state index is 12.4. The van der Waals surface area contributed by atoms with Crippen LogP contribution in [0.4, 0.5) is 0 Å². The van der Waals surface area contributed by atoms with Gasteiger partial charge in [0.2, 0.25) is 5.91 Å². The van der Waals surface area contributed by atoms with E-state index in [0.717, 1.165) is 24.0 Å². The SMILES string of the molecule is Cc1cc(C)cc(C(=O)N[C@H](CCCc2ccccc2)C(N)=O)c1. The molecule has 0 spiro atoms. The number of carbonyl (C=O) groups is 2. The van der Waals surface area contributed by atoms with Gasteiger partial charge >= 0.3 is 0 Å². The number of hydrogen-bond acceptors (Lipinski definition) is 2. The van der Waals surface area contributed by atoms with E-state index in [1.165, 1.54) is 5.56 Å². The third-order valence-corrected chi connectivity index (χ3v) is 3.93. The van der Waals surface area contributed by atoms with E-state index in [0.29, 0.717) is 12.0 Å². The Morgan fingerprint density at radius 2 is 1.67 bits per heavy atom. The molecule has 0 heterocycles. The molecular weight excluding hydrogens is 300 g/mol. The quantitative estimate of drug-likeness (QED) is 0.822. The number of aryl methyl sites for hydroxylation is 3. The second-order valence-corrected chi connectivity index (χ2v) is 6.18. The molecule has 126 valence electrons. The van der Waals surface area contributed by atoms with Crippen molar-refractivity contribution in [3.63, 3.8) is 0 Å². The molecule has 2 aromatic carbocycles. The van der Waals surface area contributed by atoms with Gasteiger partial charge in [-0.1, -0.05) is 47.5 Å². The first-order chi connectivity index (χ1) is 11.5. The fourth-order valence-corrected chi connectivity index (χ4v) is 2.79. The Morgan fingerprint density at radius 3 is 2.25 bits per heavy atom. The van der Waals surface area contributed by atoms with E-state index in [-0.39, 0.29) is 5.91 Å². The van der Waals surface area contributed by atoms with Gasteiger partial charge in [-0.05, 0) is 50.8 Å². The molecule has 0 aliphatic carbocycles. The molecule has 0 aromatic heterocycles. The second kappa shape index (κ2) is 8.29. The molecule has 0 aliphatic heterocycles. The molecule has 0 fully saturated rings. The van der Waals surface area contributed by atoms with Crippen molar-refractivity contribution in [3.05, 3.63) is 70.8 Å². The van der Waals surface area contributed by atoms with Gasteiger partial charge in [0.1, 0.15) is 6.04 Å². The average Bonchev–Trinajstić information content (AvgIpc) is 2.53. The Hall–Kier alpha value is -2.62. The molecule has 3 N–H and O–H groups in total. The molecule has 24 heavy (non-hydrogen) atoms. The van der Waals surface area contributed by atoms with Crippen LogP contribution in [-0.2, 0) is 11.2 Å². The summed E-state index contributed by atoms with van der Waals surface area (Å²) in [6, 6.07) is 15.0. The van der Waals surface area contributed by atoms with E-state index in [1.54, 1.807) is 0 Å². The topological polar surface area (TPSA) is 72.2 Å². The van der Waals surface area contributed by atoms with E-state index in [1.807, 2.05) is 62.4 Å². The number of nitrogens with two attached hydrogens (primary N) is 1. The molecule has 4 heteroatoms. The highest BCUT2D eigenvalue weighted by Gasteiger charge is 2.18. The van der Waals surface area contributed by atoms with Crippen molar-refractivity contribution < 1.29 is 9.59 Å². The first kappa shape index (κ1) is 17.7. The third kappa shape index (κ3) is 5.23. The zero-order chi connectivity index (χ0) is 17.5. The Balaban J connectivity index is 1.95. The van der Waals surface area contributed by atoms with Crippen LogP contribution >= 0.6 is 0 Å². The molecule has 2 aromatic rings. The van der Waals surface area contributed by atoms with Crippen LogP contribution in [-0.4, -0.2) is 17.9 Å². The Labute approximate surface area is 143 Å². The number of nitrogens with one attached hydrogen (secondary N) is 1. The minimum Gasteiger partial charge on any atom is -0.368 e. The molecule has 0 bridgehead atoms. The summed E-state index contributed by atoms with van der Waals surface area (Å²) >= 11 is 0. The molecule has 2 amide bonds. The first-order valence-electron chi connectivity index (χ1n) is 8.18. The van der Waals surface area contributed by atoms with E-state index in [9.17, 15) is 9.59 Å². The summed E-state index contributed by atoms with van der Waals surface area (Å²) in [4.78, 5) is 24.0. The van der Waals surface area contributed by atoms with Crippen LogP contribution in [0.25, 0.3) is 0 Å². The standard InChI is InChI=1S/C20H24N2O2/c1-14-11-15(2)13-17(12-14)20(24)22-18(19(21)23)10-6-9-16-7-4-3-5-8-16/h3-5,7-8,11-13,18H,6,9-10H2,1-2H3,(H2,21,23)(H,22,24)/t18-/m1/s1. The second-order valence-electron chi connectivity index (χ2n) is 6.18. The molecule has 4 nitrogen and oxygen atoms in total. The maximum Gasteiger partial charge on any atom is 0.251 e. The van der Waals surface area contributed by atoms with Gasteiger partial charge in [0.05, 0.1) is 0 Å². The fraction of sp³-hybridized carbons (Fsp3) is 0.300. The predicted octanol–water partition coefficient (Wildman–Crippen LogP) is 2.91. The molecule has 0 saturated carbocycles. The Kier molecular flexibility index (Phi) is 6.13. The lowest BCUT2D eigenvalue weighted by atomic mass is 10.0. The molecule has 0 aliphatic rings. The van der Waals surface area contributed by atoms with Crippen molar-refractivity contribution in [1.29, 1.82) is 0 Å². The molecule has 0 unspecified atom stereocenters. The summed E-state index contributed by atoms with van der Waals surface area (Å²) < 4.78 is 0. The lowest BCUT2D eigenvalue weighted by Gasteiger charge is -2.16. The van der Waals surface area contributed by atoms with Gasteiger partial charge in [-0.3, -0.25) is 9.59 Å². The number of rotatable bonds is 7. The maximum absolute atomic E-state index is 12.4. The van der Waals surface area contributed by atoms with Crippen LogP contribution in [0.2, 0.25) is 0 Å². The summed E-state index contributed by atoms with van der Waals surface area (Å²) in [6.45, 7) is 3.88. The van der Waals surface area contributed by atoms with Crippen molar-refractivity contribution >= 4 is 11.8 Å². The van der Waals surface area contributed by atoms with Crippen molar-refractivity contribution in [2.24, 2.45) is 5.73 Å². The minimum absolute atomic E-state index is 0.259. The molecule has 1 atom stereocenters. The minimum atomic E-state index is -0.651. The third-order valence-electron chi connectivity index (χ3n) is 3.93.